The lowest BCUT2D eigenvalue weighted by Gasteiger charge is -2.11. The van der Waals surface area contributed by atoms with Crippen LogP contribution in [0.4, 0.5) is 8.78 Å². The van der Waals surface area contributed by atoms with E-state index in [1.807, 2.05) is 0 Å². The van der Waals surface area contributed by atoms with E-state index in [-0.39, 0.29) is 18.5 Å². The molecule has 1 aromatic rings. The van der Waals surface area contributed by atoms with Gasteiger partial charge in [0.05, 0.1) is 11.8 Å². The highest BCUT2D eigenvalue weighted by atomic mass is 35.5. The van der Waals surface area contributed by atoms with Crippen LogP contribution in [0.5, 0.6) is 0 Å². The van der Waals surface area contributed by atoms with E-state index in [0.29, 0.717) is 18.8 Å². The van der Waals surface area contributed by atoms with Gasteiger partial charge in [-0.25, -0.2) is 4.68 Å². The lowest BCUT2D eigenvalue weighted by molar-refractivity contribution is 0.0527. The Labute approximate surface area is 105 Å². The van der Waals surface area contributed by atoms with Crippen molar-refractivity contribution in [2.45, 2.75) is 32.0 Å². The van der Waals surface area contributed by atoms with Gasteiger partial charge < -0.3 is 10.1 Å². The van der Waals surface area contributed by atoms with Crippen LogP contribution >= 0.6 is 12.4 Å². The van der Waals surface area contributed by atoms with Crippen molar-refractivity contribution in [1.29, 1.82) is 0 Å². The van der Waals surface area contributed by atoms with E-state index in [1.54, 1.807) is 6.07 Å². The summed E-state index contributed by atoms with van der Waals surface area (Å²) in [5.41, 5.74) is 0.494. The summed E-state index contributed by atoms with van der Waals surface area (Å²) in [5.74, 6) is 0. The Morgan fingerprint density at radius 3 is 3.06 bits per heavy atom. The molecule has 7 heteroatoms. The number of hydrogen-bond acceptors (Lipinski definition) is 3. The number of halogens is 3. The second-order valence-corrected chi connectivity index (χ2v) is 3.81. The second kappa shape index (κ2) is 6.88. The van der Waals surface area contributed by atoms with E-state index < -0.39 is 6.55 Å². The molecule has 1 fully saturated rings. The number of aromatic nitrogens is 2. The maximum absolute atomic E-state index is 12.4. The second-order valence-electron chi connectivity index (χ2n) is 3.81. The van der Waals surface area contributed by atoms with E-state index >= 15 is 0 Å². The fourth-order valence-electron chi connectivity index (χ4n) is 1.82. The zero-order valence-corrected chi connectivity index (χ0v) is 10.1. The van der Waals surface area contributed by atoms with Gasteiger partial charge in [-0.15, -0.1) is 12.4 Å². The fraction of sp³-hybridized carbons (Fsp3) is 0.700. The lowest BCUT2D eigenvalue weighted by atomic mass is 10.2. The normalized spacial score (nSPS) is 19.6. The molecular weight excluding hydrogens is 252 g/mol. The summed E-state index contributed by atoms with van der Waals surface area (Å²) in [4.78, 5) is 0. The SMILES string of the molecule is Cl.FC(F)n1nccc1CNCC1CCCO1. The van der Waals surface area contributed by atoms with Gasteiger partial charge in [-0.3, -0.25) is 0 Å². The van der Waals surface area contributed by atoms with Gasteiger partial charge in [0.1, 0.15) is 0 Å². The van der Waals surface area contributed by atoms with Gasteiger partial charge in [-0.05, 0) is 18.9 Å². The smallest absolute Gasteiger partial charge is 0.333 e. The van der Waals surface area contributed by atoms with E-state index in [9.17, 15) is 8.78 Å². The molecule has 0 radical (unpaired) electrons. The minimum Gasteiger partial charge on any atom is -0.377 e. The molecule has 0 aromatic carbocycles. The molecule has 1 saturated heterocycles. The van der Waals surface area contributed by atoms with Gasteiger partial charge >= 0.3 is 6.55 Å². The van der Waals surface area contributed by atoms with Crippen molar-refractivity contribution in [3.63, 3.8) is 0 Å². The topological polar surface area (TPSA) is 39.1 Å². The third-order valence-corrected chi connectivity index (χ3v) is 2.64. The first-order chi connectivity index (χ1) is 7.77. The number of nitrogens with one attached hydrogen (secondary N) is 1. The number of hydrogen-bond donors (Lipinski definition) is 1. The zero-order valence-electron chi connectivity index (χ0n) is 9.31. The molecule has 1 unspecified atom stereocenters. The fourth-order valence-corrected chi connectivity index (χ4v) is 1.82. The first-order valence-electron chi connectivity index (χ1n) is 5.40. The molecule has 17 heavy (non-hydrogen) atoms. The van der Waals surface area contributed by atoms with Crippen LogP contribution in [0, 0.1) is 0 Å². The Kier molecular flexibility index (Phi) is 5.80. The van der Waals surface area contributed by atoms with Gasteiger partial charge in [-0.1, -0.05) is 0 Å². The molecule has 0 saturated carbocycles. The van der Waals surface area contributed by atoms with Gasteiger partial charge in [0, 0.05) is 25.9 Å². The predicted molar refractivity (Wildman–Crippen MR) is 61.4 cm³/mol. The molecule has 0 aliphatic carbocycles. The maximum Gasteiger partial charge on any atom is 0.333 e. The van der Waals surface area contributed by atoms with Gasteiger partial charge in [0.25, 0.3) is 0 Å². The minimum atomic E-state index is -2.57. The zero-order chi connectivity index (χ0) is 11.4. The molecule has 2 heterocycles. The predicted octanol–water partition coefficient (Wildman–Crippen LogP) is 1.97. The quantitative estimate of drug-likeness (QED) is 0.887. The van der Waals surface area contributed by atoms with Crippen LogP contribution in [0.3, 0.4) is 0 Å². The summed E-state index contributed by atoms with van der Waals surface area (Å²) in [7, 11) is 0. The van der Waals surface area contributed by atoms with Crippen molar-refractivity contribution in [2.24, 2.45) is 0 Å². The van der Waals surface area contributed by atoms with Crippen molar-refractivity contribution in [1.82, 2.24) is 15.1 Å². The molecule has 1 aliphatic rings. The molecule has 4 nitrogen and oxygen atoms in total. The first kappa shape index (κ1) is 14.3. The average Bonchev–Trinajstić information content (AvgIpc) is 2.87. The van der Waals surface area contributed by atoms with Crippen LogP contribution in [-0.2, 0) is 11.3 Å². The van der Waals surface area contributed by atoms with E-state index in [2.05, 4.69) is 10.4 Å². The monoisotopic (exact) mass is 267 g/mol. The molecule has 0 amide bonds. The van der Waals surface area contributed by atoms with E-state index in [1.165, 1.54) is 6.20 Å². The van der Waals surface area contributed by atoms with Crippen LogP contribution in [0.25, 0.3) is 0 Å². The highest BCUT2D eigenvalue weighted by molar-refractivity contribution is 5.85. The number of nitrogens with zero attached hydrogens (tertiary/aromatic N) is 2. The number of ether oxygens (including phenoxy) is 1. The van der Waals surface area contributed by atoms with Gasteiger partial charge in [0.2, 0.25) is 0 Å². The van der Waals surface area contributed by atoms with Crippen LogP contribution in [0.2, 0.25) is 0 Å². The summed E-state index contributed by atoms with van der Waals surface area (Å²) in [6.07, 6.45) is 3.74. The van der Waals surface area contributed by atoms with Crippen LogP contribution in [-0.4, -0.2) is 29.0 Å². The Balaban J connectivity index is 0.00000144. The standard InChI is InChI=1S/C10H15F2N3O.ClH/c11-10(12)15-8(3-4-14-15)6-13-7-9-2-1-5-16-9;/h3-4,9-10,13H,1-2,5-7H2;1H. The third kappa shape index (κ3) is 3.90. The Morgan fingerprint density at radius 1 is 1.59 bits per heavy atom. The Bertz CT molecular complexity index is 329. The highest BCUT2D eigenvalue weighted by Crippen LogP contribution is 2.13. The molecule has 98 valence electrons. The van der Waals surface area contributed by atoms with Crippen molar-refractivity contribution in [3.05, 3.63) is 18.0 Å². The Hall–Kier alpha value is -0.720. The van der Waals surface area contributed by atoms with Gasteiger partial charge in [0.15, 0.2) is 0 Å². The van der Waals surface area contributed by atoms with E-state index in [0.717, 1.165) is 24.1 Å². The average molecular weight is 268 g/mol. The van der Waals surface area contributed by atoms with Crippen LogP contribution in [0.15, 0.2) is 12.3 Å². The van der Waals surface area contributed by atoms with Crippen molar-refractivity contribution in [2.75, 3.05) is 13.2 Å². The third-order valence-electron chi connectivity index (χ3n) is 2.64. The molecule has 1 atom stereocenters. The summed E-state index contributed by atoms with van der Waals surface area (Å²) in [6, 6.07) is 1.59. The summed E-state index contributed by atoms with van der Waals surface area (Å²) >= 11 is 0. The molecular formula is C10H16ClF2N3O. The summed E-state index contributed by atoms with van der Waals surface area (Å²) in [6.45, 7) is -0.672. The Morgan fingerprint density at radius 2 is 2.41 bits per heavy atom. The molecule has 1 N–H and O–H groups in total. The maximum atomic E-state index is 12.4. The highest BCUT2D eigenvalue weighted by Gasteiger charge is 2.15. The molecule has 2 rings (SSSR count). The van der Waals surface area contributed by atoms with E-state index in [4.69, 9.17) is 4.74 Å². The molecule has 0 spiro atoms. The van der Waals surface area contributed by atoms with Gasteiger partial charge in [-0.2, -0.15) is 13.9 Å². The van der Waals surface area contributed by atoms with Crippen molar-refractivity contribution >= 4 is 12.4 Å². The van der Waals surface area contributed by atoms with Crippen LogP contribution in [0.1, 0.15) is 25.1 Å². The summed E-state index contributed by atoms with van der Waals surface area (Å²) in [5, 5.41) is 6.67. The summed E-state index contributed by atoms with van der Waals surface area (Å²) < 4.78 is 31.0. The molecule has 1 aromatic heterocycles. The number of alkyl halides is 2. The largest absolute Gasteiger partial charge is 0.377 e. The lowest BCUT2D eigenvalue weighted by Crippen LogP contribution is -2.26. The minimum absolute atomic E-state index is 0. The first-order valence-corrected chi connectivity index (χ1v) is 5.40. The number of rotatable bonds is 5. The molecule has 1 aliphatic heterocycles. The van der Waals surface area contributed by atoms with Crippen LogP contribution < -0.4 is 5.32 Å². The van der Waals surface area contributed by atoms with Crippen molar-refractivity contribution in [3.8, 4) is 0 Å². The molecule has 0 bridgehead atoms. The van der Waals surface area contributed by atoms with Crippen molar-refractivity contribution < 1.29 is 13.5 Å².